The predicted octanol–water partition coefficient (Wildman–Crippen LogP) is 1.85. The largest absolute Gasteiger partial charge is 0.338 e. The Morgan fingerprint density at radius 2 is 2.27 bits per heavy atom. The summed E-state index contributed by atoms with van der Waals surface area (Å²) in [6.45, 7) is 4.58. The first-order chi connectivity index (χ1) is 12.7. The van der Waals surface area contributed by atoms with E-state index in [1.807, 2.05) is 29.8 Å². The van der Waals surface area contributed by atoms with Crippen LogP contribution in [0, 0.1) is 12.8 Å². The molecule has 1 fully saturated rings. The fourth-order valence-electron chi connectivity index (χ4n) is 3.15. The van der Waals surface area contributed by atoms with Crippen molar-refractivity contribution < 1.29 is 4.79 Å². The highest BCUT2D eigenvalue weighted by atomic mass is 16.2. The summed E-state index contributed by atoms with van der Waals surface area (Å²) in [5.41, 5.74) is 2.73. The first kappa shape index (κ1) is 16.5. The molecule has 2 amide bonds. The van der Waals surface area contributed by atoms with Gasteiger partial charge in [-0.3, -0.25) is 10.3 Å². The number of nitrogens with zero attached hydrogens (tertiary/aromatic N) is 4. The van der Waals surface area contributed by atoms with Crippen molar-refractivity contribution in [3.8, 4) is 5.69 Å². The molecule has 4 rings (SSSR count). The lowest BCUT2D eigenvalue weighted by molar-refractivity contribution is 0.250. The molecular weight excluding hydrogens is 330 g/mol. The summed E-state index contributed by atoms with van der Waals surface area (Å²) in [5, 5.41) is 14.3. The van der Waals surface area contributed by atoms with Gasteiger partial charge in [0.25, 0.3) is 0 Å². The number of hydrogen-bond donors (Lipinski definition) is 3. The van der Waals surface area contributed by atoms with Crippen LogP contribution in [0.5, 0.6) is 0 Å². The van der Waals surface area contributed by atoms with Gasteiger partial charge >= 0.3 is 6.03 Å². The van der Waals surface area contributed by atoms with Gasteiger partial charge in [0, 0.05) is 23.8 Å². The lowest BCUT2D eigenvalue weighted by atomic mass is 10.1. The SMILES string of the molecule is Cc1cc(-n2ncc3cc(NC(=O)NC[C@@H]4CCNC4)ncc32)ccn1. The van der Waals surface area contributed by atoms with Crippen molar-refractivity contribution in [3.05, 3.63) is 42.5 Å². The van der Waals surface area contributed by atoms with Crippen molar-refractivity contribution in [1.82, 2.24) is 30.4 Å². The summed E-state index contributed by atoms with van der Waals surface area (Å²) >= 11 is 0. The van der Waals surface area contributed by atoms with Gasteiger partial charge in [0.2, 0.25) is 0 Å². The maximum absolute atomic E-state index is 12.1. The number of aromatic nitrogens is 4. The number of nitrogens with one attached hydrogen (secondary N) is 3. The zero-order chi connectivity index (χ0) is 17.9. The zero-order valence-corrected chi connectivity index (χ0v) is 14.6. The number of pyridine rings is 2. The smallest absolute Gasteiger partial charge is 0.320 e. The number of carbonyl (C=O) groups is 1. The van der Waals surface area contributed by atoms with Crippen molar-refractivity contribution in [2.45, 2.75) is 13.3 Å². The summed E-state index contributed by atoms with van der Waals surface area (Å²) < 4.78 is 1.81. The molecule has 8 heteroatoms. The van der Waals surface area contributed by atoms with Gasteiger partial charge < -0.3 is 10.6 Å². The molecule has 0 aliphatic carbocycles. The molecule has 4 heterocycles. The van der Waals surface area contributed by atoms with Crippen LogP contribution in [0.15, 0.2) is 36.8 Å². The summed E-state index contributed by atoms with van der Waals surface area (Å²) in [7, 11) is 0. The first-order valence-electron chi connectivity index (χ1n) is 8.71. The van der Waals surface area contributed by atoms with E-state index in [9.17, 15) is 4.79 Å². The molecule has 0 spiro atoms. The van der Waals surface area contributed by atoms with Crippen LogP contribution in [-0.4, -0.2) is 45.4 Å². The van der Waals surface area contributed by atoms with Gasteiger partial charge in [-0.2, -0.15) is 5.10 Å². The van der Waals surface area contributed by atoms with Crippen LogP contribution in [0.1, 0.15) is 12.1 Å². The van der Waals surface area contributed by atoms with E-state index >= 15 is 0 Å². The highest BCUT2D eigenvalue weighted by Crippen LogP contribution is 2.20. The summed E-state index contributed by atoms with van der Waals surface area (Å²) in [6.07, 6.45) is 6.33. The van der Waals surface area contributed by atoms with Gasteiger partial charge in [0.05, 0.1) is 23.6 Å². The number of urea groups is 1. The van der Waals surface area contributed by atoms with Crippen molar-refractivity contribution in [2.24, 2.45) is 5.92 Å². The number of amides is 2. The molecule has 1 saturated heterocycles. The van der Waals surface area contributed by atoms with E-state index in [0.29, 0.717) is 18.3 Å². The van der Waals surface area contributed by atoms with Crippen LogP contribution >= 0.6 is 0 Å². The van der Waals surface area contributed by atoms with E-state index in [1.165, 1.54) is 0 Å². The standard InChI is InChI=1S/C18H21N7O/c1-12-6-15(3-5-20-12)25-16-11-21-17(7-14(16)10-23-25)24-18(26)22-9-13-2-4-19-8-13/h3,5-7,10-11,13,19H,2,4,8-9H2,1H3,(H2,21,22,24,26)/t13-/m1/s1. The molecule has 1 aliphatic rings. The van der Waals surface area contributed by atoms with Crippen LogP contribution in [0.25, 0.3) is 16.6 Å². The Bertz CT molecular complexity index is 930. The van der Waals surface area contributed by atoms with E-state index < -0.39 is 0 Å². The Labute approximate surface area is 151 Å². The molecule has 0 unspecified atom stereocenters. The number of fused-ring (bicyclic) bond motifs is 1. The molecule has 134 valence electrons. The average molecular weight is 351 g/mol. The minimum Gasteiger partial charge on any atom is -0.338 e. The van der Waals surface area contributed by atoms with Gasteiger partial charge in [-0.25, -0.2) is 14.5 Å². The molecule has 3 aromatic rings. The zero-order valence-electron chi connectivity index (χ0n) is 14.6. The molecule has 0 radical (unpaired) electrons. The lowest BCUT2D eigenvalue weighted by Crippen LogP contribution is -2.33. The molecule has 1 atom stereocenters. The third-order valence-electron chi connectivity index (χ3n) is 4.53. The molecule has 3 aromatic heterocycles. The topological polar surface area (TPSA) is 96.8 Å². The minimum atomic E-state index is -0.235. The maximum atomic E-state index is 12.1. The third kappa shape index (κ3) is 3.50. The maximum Gasteiger partial charge on any atom is 0.320 e. The first-order valence-corrected chi connectivity index (χ1v) is 8.71. The minimum absolute atomic E-state index is 0.235. The van der Waals surface area contributed by atoms with E-state index in [4.69, 9.17) is 0 Å². The van der Waals surface area contributed by atoms with Crippen molar-refractivity contribution in [3.63, 3.8) is 0 Å². The van der Waals surface area contributed by atoms with Gasteiger partial charge in [-0.05, 0) is 50.6 Å². The van der Waals surface area contributed by atoms with Crippen LogP contribution in [0.3, 0.4) is 0 Å². The molecule has 3 N–H and O–H groups in total. The molecule has 8 nitrogen and oxygen atoms in total. The molecule has 26 heavy (non-hydrogen) atoms. The highest BCUT2D eigenvalue weighted by Gasteiger charge is 2.15. The Hall–Kier alpha value is -3.00. The van der Waals surface area contributed by atoms with Crippen LogP contribution in [0.2, 0.25) is 0 Å². The molecule has 0 aromatic carbocycles. The molecule has 0 saturated carbocycles. The predicted molar refractivity (Wildman–Crippen MR) is 99.4 cm³/mol. The van der Waals surface area contributed by atoms with E-state index in [1.54, 1.807) is 18.6 Å². The monoisotopic (exact) mass is 351 g/mol. The van der Waals surface area contributed by atoms with Crippen LogP contribution in [-0.2, 0) is 0 Å². The van der Waals surface area contributed by atoms with E-state index in [0.717, 1.165) is 41.8 Å². The Balaban J connectivity index is 1.47. The number of carbonyl (C=O) groups excluding carboxylic acids is 1. The summed E-state index contributed by atoms with van der Waals surface area (Å²) in [6, 6.07) is 5.45. The average Bonchev–Trinajstić information content (AvgIpc) is 3.29. The van der Waals surface area contributed by atoms with E-state index in [2.05, 4.69) is 31.0 Å². The fraction of sp³-hybridized carbons (Fsp3) is 0.333. The lowest BCUT2D eigenvalue weighted by Gasteiger charge is -2.11. The van der Waals surface area contributed by atoms with E-state index in [-0.39, 0.29) is 6.03 Å². The van der Waals surface area contributed by atoms with Gasteiger partial charge in [0.15, 0.2) is 0 Å². The fourth-order valence-corrected chi connectivity index (χ4v) is 3.15. The Morgan fingerprint density at radius 3 is 3.08 bits per heavy atom. The summed E-state index contributed by atoms with van der Waals surface area (Å²) in [5.74, 6) is 1.00. The number of hydrogen-bond acceptors (Lipinski definition) is 5. The second-order valence-electron chi connectivity index (χ2n) is 6.53. The Kier molecular flexibility index (Phi) is 4.49. The quantitative estimate of drug-likeness (QED) is 0.667. The van der Waals surface area contributed by atoms with Gasteiger partial charge in [0.1, 0.15) is 5.82 Å². The number of rotatable bonds is 4. The van der Waals surface area contributed by atoms with Crippen LogP contribution in [0.4, 0.5) is 10.6 Å². The summed E-state index contributed by atoms with van der Waals surface area (Å²) in [4.78, 5) is 20.6. The molecule has 1 aliphatic heterocycles. The van der Waals surface area contributed by atoms with Crippen molar-refractivity contribution in [1.29, 1.82) is 0 Å². The van der Waals surface area contributed by atoms with Crippen LogP contribution < -0.4 is 16.0 Å². The normalized spacial score (nSPS) is 16.7. The van der Waals surface area contributed by atoms with Crippen molar-refractivity contribution in [2.75, 3.05) is 25.0 Å². The van der Waals surface area contributed by atoms with Gasteiger partial charge in [-0.15, -0.1) is 0 Å². The third-order valence-corrected chi connectivity index (χ3v) is 4.53. The van der Waals surface area contributed by atoms with Crippen molar-refractivity contribution >= 4 is 22.8 Å². The van der Waals surface area contributed by atoms with Gasteiger partial charge in [-0.1, -0.05) is 0 Å². The second-order valence-corrected chi connectivity index (χ2v) is 6.53. The molecular formula is C18H21N7O. The number of anilines is 1. The second kappa shape index (κ2) is 7.09. The number of aryl methyl sites for hydroxylation is 1. The Morgan fingerprint density at radius 1 is 1.35 bits per heavy atom. The highest BCUT2D eigenvalue weighted by molar-refractivity contribution is 5.91. The molecule has 0 bridgehead atoms.